The van der Waals surface area contributed by atoms with Gasteiger partial charge < -0.3 is 10.5 Å². The molecule has 2 atom stereocenters. The van der Waals surface area contributed by atoms with Gasteiger partial charge in [-0.15, -0.1) is 0 Å². The fourth-order valence-corrected chi connectivity index (χ4v) is 2.13. The maximum Gasteiger partial charge on any atom is 0.122 e. The highest BCUT2D eigenvalue weighted by molar-refractivity contribution is 5.33. The molecule has 100 valence electrons. The van der Waals surface area contributed by atoms with Gasteiger partial charge in [0.2, 0.25) is 0 Å². The predicted molar refractivity (Wildman–Crippen MR) is 79.3 cm³/mol. The van der Waals surface area contributed by atoms with Crippen LogP contribution in [0.15, 0.2) is 54.6 Å². The summed E-state index contributed by atoms with van der Waals surface area (Å²) in [6.45, 7) is 4.15. The molecule has 2 N–H and O–H groups in total. The van der Waals surface area contributed by atoms with Crippen molar-refractivity contribution in [2.24, 2.45) is 5.73 Å². The highest BCUT2D eigenvalue weighted by Crippen LogP contribution is 2.23. The summed E-state index contributed by atoms with van der Waals surface area (Å²) in [5.74, 6) is 0.934. The smallest absolute Gasteiger partial charge is 0.122 e. The average Bonchev–Trinajstić information content (AvgIpc) is 2.48. The van der Waals surface area contributed by atoms with E-state index in [0.29, 0.717) is 0 Å². The Morgan fingerprint density at radius 3 is 2.32 bits per heavy atom. The lowest BCUT2D eigenvalue weighted by Gasteiger charge is -2.23. The second-order valence-electron chi connectivity index (χ2n) is 4.72. The highest BCUT2D eigenvalue weighted by Gasteiger charge is 2.17. The second kappa shape index (κ2) is 6.39. The number of benzene rings is 2. The normalized spacial score (nSPS) is 13.8. The Morgan fingerprint density at radius 1 is 1.00 bits per heavy atom. The Morgan fingerprint density at radius 2 is 1.63 bits per heavy atom. The van der Waals surface area contributed by atoms with Crippen molar-refractivity contribution in [3.8, 4) is 5.75 Å². The first-order valence-corrected chi connectivity index (χ1v) is 6.77. The predicted octanol–water partition coefficient (Wildman–Crippen LogP) is 3.72. The Hall–Kier alpha value is -1.80. The molecule has 0 saturated heterocycles. The molecule has 0 spiro atoms. The minimum Gasteiger partial charge on any atom is -0.488 e. The van der Waals surface area contributed by atoms with Crippen molar-refractivity contribution in [2.75, 3.05) is 0 Å². The molecule has 0 aliphatic rings. The Labute approximate surface area is 115 Å². The lowest BCUT2D eigenvalue weighted by Crippen LogP contribution is -2.28. The Balaban J connectivity index is 2.10. The van der Waals surface area contributed by atoms with Crippen molar-refractivity contribution < 1.29 is 4.74 Å². The summed E-state index contributed by atoms with van der Waals surface area (Å²) < 4.78 is 6.03. The van der Waals surface area contributed by atoms with Gasteiger partial charge in [-0.05, 0) is 30.5 Å². The third kappa shape index (κ3) is 3.36. The van der Waals surface area contributed by atoms with Gasteiger partial charge in [0.05, 0.1) is 6.04 Å². The number of hydrogen-bond donors (Lipinski definition) is 1. The summed E-state index contributed by atoms with van der Waals surface area (Å²) in [5, 5.41) is 0. The molecule has 0 bridgehead atoms. The van der Waals surface area contributed by atoms with E-state index in [1.165, 1.54) is 5.56 Å². The summed E-state index contributed by atoms with van der Waals surface area (Å²) >= 11 is 0. The molecule has 0 aliphatic carbocycles. The van der Waals surface area contributed by atoms with E-state index in [1.54, 1.807) is 0 Å². The molecule has 2 heteroatoms. The molecule has 0 saturated carbocycles. The van der Waals surface area contributed by atoms with Gasteiger partial charge in [0.1, 0.15) is 11.9 Å². The van der Waals surface area contributed by atoms with E-state index >= 15 is 0 Å². The van der Waals surface area contributed by atoms with Gasteiger partial charge in [-0.2, -0.15) is 0 Å². The zero-order valence-electron chi connectivity index (χ0n) is 11.5. The number of nitrogens with two attached hydrogens (primary N) is 1. The molecular formula is C17H21NO. The minimum absolute atomic E-state index is 0.0601. The van der Waals surface area contributed by atoms with E-state index in [-0.39, 0.29) is 12.1 Å². The number of hydrogen-bond acceptors (Lipinski definition) is 2. The van der Waals surface area contributed by atoms with Gasteiger partial charge in [-0.25, -0.2) is 0 Å². The van der Waals surface area contributed by atoms with Crippen molar-refractivity contribution in [1.82, 2.24) is 0 Å². The quantitative estimate of drug-likeness (QED) is 0.883. The topological polar surface area (TPSA) is 35.2 Å². The van der Waals surface area contributed by atoms with Crippen LogP contribution in [0.1, 0.15) is 31.0 Å². The van der Waals surface area contributed by atoms with Crippen LogP contribution in [0.3, 0.4) is 0 Å². The maximum absolute atomic E-state index is 6.25. The zero-order chi connectivity index (χ0) is 13.7. The van der Waals surface area contributed by atoms with Crippen LogP contribution in [-0.2, 0) is 6.42 Å². The van der Waals surface area contributed by atoms with E-state index in [9.17, 15) is 0 Å². The third-order valence-corrected chi connectivity index (χ3v) is 3.36. The number of para-hydroxylation sites is 1. The summed E-state index contributed by atoms with van der Waals surface area (Å²) in [7, 11) is 0. The Kier molecular flexibility index (Phi) is 4.58. The fourth-order valence-electron chi connectivity index (χ4n) is 2.13. The first-order valence-electron chi connectivity index (χ1n) is 6.77. The summed E-state index contributed by atoms with van der Waals surface area (Å²) in [6.07, 6.45) is 0.902. The van der Waals surface area contributed by atoms with Crippen molar-refractivity contribution >= 4 is 0 Å². The largest absolute Gasteiger partial charge is 0.488 e. The van der Waals surface area contributed by atoms with Crippen LogP contribution >= 0.6 is 0 Å². The number of rotatable bonds is 5. The van der Waals surface area contributed by atoms with Crippen LogP contribution in [0.4, 0.5) is 0 Å². The summed E-state index contributed by atoms with van der Waals surface area (Å²) in [5.41, 5.74) is 8.57. The average molecular weight is 255 g/mol. The molecule has 2 aromatic carbocycles. The van der Waals surface area contributed by atoms with Gasteiger partial charge in [-0.1, -0.05) is 55.5 Å². The van der Waals surface area contributed by atoms with E-state index in [0.717, 1.165) is 17.7 Å². The third-order valence-electron chi connectivity index (χ3n) is 3.36. The van der Waals surface area contributed by atoms with E-state index < -0.39 is 0 Å². The van der Waals surface area contributed by atoms with Gasteiger partial charge in [0.25, 0.3) is 0 Å². The lowest BCUT2D eigenvalue weighted by molar-refractivity contribution is 0.189. The molecule has 0 radical (unpaired) electrons. The van der Waals surface area contributed by atoms with Crippen molar-refractivity contribution in [2.45, 2.75) is 32.4 Å². The molecule has 0 heterocycles. The fraction of sp³-hybridized carbons (Fsp3) is 0.294. The SMILES string of the molecule is CCc1ccccc1OC(C)C(N)c1ccccc1. The molecular weight excluding hydrogens is 234 g/mol. The summed E-state index contributed by atoms with van der Waals surface area (Å²) in [6, 6.07) is 18.1. The maximum atomic E-state index is 6.25. The lowest BCUT2D eigenvalue weighted by atomic mass is 10.0. The van der Waals surface area contributed by atoms with Crippen molar-refractivity contribution in [1.29, 1.82) is 0 Å². The van der Waals surface area contributed by atoms with Crippen LogP contribution in [-0.4, -0.2) is 6.10 Å². The van der Waals surface area contributed by atoms with E-state index in [1.807, 2.05) is 55.5 Å². The molecule has 0 amide bonds. The zero-order valence-corrected chi connectivity index (χ0v) is 11.5. The highest BCUT2D eigenvalue weighted by atomic mass is 16.5. The molecule has 2 unspecified atom stereocenters. The monoisotopic (exact) mass is 255 g/mol. The standard InChI is InChI=1S/C17H21NO/c1-3-14-9-7-8-12-16(14)19-13(2)17(18)15-10-5-4-6-11-15/h4-13,17H,3,18H2,1-2H3. The van der Waals surface area contributed by atoms with Crippen LogP contribution in [0, 0.1) is 0 Å². The van der Waals surface area contributed by atoms with E-state index in [2.05, 4.69) is 13.0 Å². The van der Waals surface area contributed by atoms with E-state index in [4.69, 9.17) is 10.5 Å². The Bertz CT molecular complexity index is 510. The van der Waals surface area contributed by atoms with Crippen molar-refractivity contribution in [3.05, 3.63) is 65.7 Å². The van der Waals surface area contributed by atoms with Gasteiger partial charge in [0, 0.05) is 0 Å². The van der Waals surface area contributed by atoms with Gasteiger partial charge in [0.15, 0.2) is 0 Å². The first-order chi connectivity index (χ1) is 9.22. The minimum atomic E-state index is -0.119. The van der Waals surface area contributed by atoms with Gasteiger partial charge in [-0.3, -0.25) is 0 Å². The molecule has 2 nitrogen and oxygen atoms in total. The van der Waals surface area contributed by atoms with Crippen molar-refractivity contribution in [3.63, 3.8) is 0 Å². The van der Waals surface area contributed by atoms with Crippen LogP contribution in [0.25, 0.3) is 0 Å². The molecule has 0 aromatic heterocycles. The van der Waals surface area contributed by atoms with Gasteiger partial charge >= 0.3 is 0 Å². The second-order valence-corrected chi connectivity index (χ2v) is 4.72. The van der Waals surface area contributed by atoms with Crippen LogP contribution in [0.2, 0.25) is 0 Å². The number of aryl methyl sites for hydroxylation is 1. The van der Waals surface area contributed by atoms with Crippen LogP contribution < -0.4 is 10.5 Å². The first kappa shape index (κ1) is 13.6. The molecule has 2 rings (SSSR count). The number of ether oxygens (including phenoxy) is 1. The summed E-state index contributed by atoms with van der Waals surface area (Å²) in [4.78, 5) is 0. The van der Waals surface area contributed by atoms with Crippen LogP contribution in [0.5, 0.6) is 5.75 Å². The molecule has 0 fully saturated rings. The molecule has 0 aliphatic heterocycles. The molecule has 2 aromatic rings. The molecule has 19 heavy (non-hydrogen) atoms.